The molecule has 3 atom stereocenters. The predicted molar refractivity (Wildman–Crippen MR) is 130 cm³/mol. The third kappa shape index (κ3) is 5.27. The first kappa shape index (κ1) is 24.3. The number of piperidine rings is 1. The van der Waals surface area contributed by atoms with Crippen LogP contribution in [0.15, 0.2) is 30.3 Å². The molecule has 8 heteroatoms. The van der Waals surface area contributed by atoms with E-state index in [-0.39, 0.29) is 43.6 Å². The number of benzene rings is 1. The lowest BCUT2D eigenvalue weighted by molar-refractivity contribution is -0.130. The summed E-state index contributed by atoms with van der Waals surface area (Å²) >= 11 is 0. The highest BCUT2D eigenvalue weighted by Gasteiger charge is 2.42. The van der Waals surface area contributed by atoms with Crippen LogP contribution in [0, 0.1) is 19.8 Å². The lowest BCUT2D eigenvalue weighted by Gasteiger charge is -2.40. The molecule has 3 fully saturated rings. The number of carbonyl (C=O) groups excluding carboxylic acids is 1. The van der Waals surface area contributed by atoms with Gasteiger partial charge in [0.25, 0.3) is 0 Å². The van der Waals surface area contributed by atoms with Crippen molar-refractivity contribution in [2.75, 3.05) is 6.54 Å². The van der Waals surface area contributed by atoms with Crippen molar-refractivity contribution >= 4 is 5.91 Å². The van der Waals surface area contributed by atoms with Gasteiger partial charge in [0.15, 0.2) is 0 Å². The number of carbonyl (C=O) groups is 1. The van der Waals surface area contributed by atoms with Crippen LogP contribution < -0.4 is 5.32 Å². The molecule has 3 heterocycles. The second kappa shape index (κ2) is 9.96. The van der Waals surface area contributed by atoms with E-state index in [2.05, 4.69) is 37.1 Å². The monoisotopic (exact) mass is 485 g/mol. The molecule has 1 aromatic carbocycles. The third-order valence-electron chi connectivity index (χ3n) is 8.54. The molecular weight excluding hydrogens is 448 g/mol. The zero-order chi connectivity index (χ0) is 24.6. The van der Waals surface area contributed by atoms with E-state index in [1.165, 1.54) is 12.8 Å². The Morgan fingerprint density at radius 3 is 2.20 bits per heavy atom. The first-order chi connectivity index (χ1) is 16.8. The maximum atomic E-state index is 13.6. The lowest BCUT2D eigenvalue weighted by atomic mass is 9.86. The van der Waals surface area contributed by atoms with Gasteiger partial charge in [-0.3, -0.25) is 9.69 Å². The minimum atomic E-state index is -2.62. The van der Waals surface area contributed by atoms with Crippen molar-refractivity contribution in [3.8, 4) is 0 Å². The van der Waals surface area contributed by atoms with Crippen molar-refractivity contribution < 1.29 is 13.6 Å². The van der Waals surface area contributed by atoms with Crippen molar-refractivity contribution in [3.63, 3.8) is 0 Å². The number of alkyl halides is 2. The van der Waals surface area contributed by atoms with Gasteiger partial charge in [-0.1, -0.05) is 30.3 Å². The molecule has 2 saturated heterocycles. The van der Waals surface area contributed by atoms with E-state index in [1.54, 1.807) is 0 Å². The summed E-state index contributed by atoms with van der Waals surface area (Å²) in [6.07, 6.45) is 5.60. The average Bonchev–Trinajstić information content (AvgIpc) is 3.29. The summed E-state index contributed by atoms with van der Waals surface area (Å²) in [5.41, 5.74) is 1.08. The van der Waals surface area contributed by atoms with Gasteiger partial charge in [-0.25, -0.2) is 8.78 Å². The Balaban J connectivity index is 1.23. The fraction of sp³-hybridized carbons (Fsp3) is 0.667. The van der Waals surface area contributed by atoms with E-state index in [0.29, 0.717) is 18.1 Å². The molecule has 2 bridgehead atoms. The number of aromatic nitrogens is 3. The minimum absolute atomic E-state index is 0.0745. The number of nitrogens with one attached hydrogen (secondary N) is 1. The van der Waals surface area contributed by atoms with Crippen LogP contribution in [0.4, 0.5) is 8.78 Å². The molecule has 3 aliphatic rings. The Hall–Kier alpha value is -2.35. The second-order valence-corrected chi connectivity index (χ2v) is 10.8. The van der Waals surface area contributed by atoms with Crippen LogP contribution in [0.3, 0.4) is 0 Å². The van der Waals surface area contributed by atoms with Crippen LogP contribution in [0.25, 0.3) is 0 Å². The van der Waals surface area contributed by atoms with Crippen molar-refractivity contribution in [1.29, 1.82) is 0 Å². The Morgan fingerprint density at radius 1 is 1.00 bits per heavy atom. The summed E-state index contributed by atoms with van der Waals surface area (Å²) < 4.78 is 29.5. The van der Waals surface area contributed by atoms with Gasteiger partial charge in [-0.15, -0.1) is 10.2 Å². The van der Waals surface area contributed by atoms with Crippen LogP contribution in [0.1, 0.15) is 87.1 Å². The normalized spacial score (nSPS) is 27.6. The van der Waals surface area contributed by atoms with E-state index in [9.17, 15) is 13.6 Å². The molecule has 6 nitrogen and oxygen atoms in total. The van der Waals surface area contributed by atoms with Crippen LogP contribution in [0.2, 0.25) is 0 Å². The number of halogens is 2. The van der Waals surface area contributed by atoms with Crippen LogP contribution in [0.5, 0.6) is 0 Å². The molecule has 2 unspecified atom stereocenters. The smallest absolute Gasteiger partial charge is 0.248 e. The number of hydrogen-bond donors (Lipinski definition) is 1. The van der Waals surface area contributed by atoms with E-state index < -0.39 is 5.92 Å². The molecule has 190 valence electrons. The molecule has 0 spiro atoms. The summed E-state index contributed by atoms with van der Waals surface area (Å²) in [6.45, 7) is 4.99. The number of hydrogen-bond acceptors (Lipinski definition) is 4. The zero-order valence-corrected chi connectivity index (χ0v) is 20.8. The third-order valence-corrected chi connectivity index (χ3v) is 8.54. The summed E-state index contributed by atoms with van der Waals surface area (Å²) in [6, 6.07) is 11.5. The summed E-state index contributed by atoms with van der Waals surface area (Å²) in [7, 11) is 0. The molecule has 1 aromatic heterocycles. The van der Waals surface area contributed by atoms with Gasteiger partial charge in [0.1, 0.15) is 11.6 Å². The minimum Gasteiger partial charge on any atom is -0.349 e. The lowest BCUT2D eigenvalue weighted by Crippen LogP contribution is -2.45. The highest BCUT2D eigenvalue weighted by atomic mass is 19.3. The number of nitrogens with zero attached hydrogens (tertiary/aromatic N) is 4. The summed E-state index contributed by atoms with van der Waals surface area (Å²) in [5, 5.41) is 11.8. The number of rotatable bonds is 7. The van der Waals surface area contributed by atoms with Crippen molar-refractivity contribution in [2.45, 2.75) is 102 Å². The van der Waals surface area contributed by atoms with Crippen molar-refractivity contribution in [1.82, 2.24) is 25.0 Å². The average molecular weight is 486 g/mol. The summed E-state index contributed by atoms with van der Waals surface area (Å²) in [5.74, 6) is -1.02. The zero-order valence-electron chi connectivity index (χ0n) is 20.8. The molecule has 1 amide bonds. The molecule has 1 N–H and O–H groups in total. The van der Waals surface area contributed by atoms with Crippen molar-refractivity contribution in [2.24, 2.45) is 5.92 Å². The second-order valence-electron chi connectivity index (χ2n) is 10.8. The van der Waals surface area contributed by atoms with Crippen molar-refractivity contribution in [3.05, 3.63) is 47.5 Å². The molecule has 35 heavy (non-hydrogen) atoms. The number of aryl methyl sites for hydroxylation is 2. The van der Waals surface area contributed by atoms with E-state index in [0.717, 1.165) is 43.0 Å². The maximum absolute atomic E-state index is 13.6. The van der Waals surface area contributed by atoms with E-state index in [4.69, 9.17) is 0 Å². The summed E-state index contributed by atoms with van der Waals surface area (Å²) in [4.78, 5) is 15.7. The molecule has 1 saturated carbocycles. The molecule has 2 aromatic rings. The fourth-order valence-corrected chi connectivity index (χ4v) is 6.70. The van der Waals surface area contributed by atoms with Crippen LogP contribution in [-0.4, -0.2) is 50.1 Å². The molecule has 0 radical (unpaired) electrons. The van der Waals surface area contributed by atoms with E-state index in [1.807, 2.05) is 32.0 Å². The highest BCUT2D eigenvalue weighted by molar-refractivity contribution is 5.79. The molecule has 5 rings (SSSR count). The fourth-order valence-electron chi connectivity index (χ4n) is 6.70. The first-order valence-corrected chi connectivity index (χ1v) is 13.2. The number of amides is 1. The topological polar surface area (TPSA) is 63.1 Å². The van der Waals surface area contributed by atoms with Gasteiger partial charge in [-0.2, -0.15) is 0 Å². The van der Waals surface area contributed by atoms with Crippen LogP contribution >= 0.6 is 0 Å². The number of fused-ring (bicyclic) bond motifs is 2. The van der Waals surface area contributed by atoms with Gasteiger partial charge in [0.05, 0.1) is 6.04 Å². The standard InChI is InChI=1S/C27H37F2N5O/c1-18-31-32-19(2)34(18)24-16-22-8-9-23(17-24)33(22)15-12-25(20-6-4-3-5-7-20)30-26(35)21-10-13-27(28,29)14-11-21/h3-7,21-25H,8-17H2,1-2H3,(H,30,35)/t22?,23?,24?,25-/m0/s1. The Bertz CT molecular complexity index is 982. The van der Waals surface area contributed by atoms with Gasteiger partial charge in [0, 0.05) is 43.4 Å². The predicted octanol–water partition coefficient (Wildman–Crippen LogP) is 5.14. The SMILES string of the molecule is Cc1nnc(C)n1C1CC2CCC(C1)N2CC[C@H](NC(=O)C1CCC(F)(F)CC1)c1ccccc1. The Labute approximate surface area is 206 Å². The van der Waals surface area contributed by atoms with Crippen LogP contribution in [-0.2, 0) is 4.79 Å². The van der Waals surface area contributed by atoms with Gasteiger partial charge >= 0.3 is 0 Å². The van der Waals surface area contributed by atoms with Gasteiger partial charge in [-0.05, 0) is 64.4 Å². The quantitative estimate of drug-likeness (QED) is 0.590. The van der Waals surface area contributed by atoms with E-state index >= 15 is 0 Å². The van der Waals surface area contributed by atoms with Gasteiger partial charge < -0.3 is 9.88 Å². The molecule has 1 aliphatic carbocycles. The largest absolute Gasteiger partial charge is 0.349 e. The maximum Gasteiger partial charge on any atom is 0.248 e. The highest BCUT2D eigenvalue weighted by Crippen LogP contribution is 2.42. The molecular formula is C27H37F2N5O. The Morgan fingerprint density at radius 2 is 1.60 bits per heavy atom. The van der Waals surface area contributed by atoms with Gasteiger partial charge in [0.2, 0.25) is 11.8 Å². The molecule has 2 aliphatic heterocycles. The first-order valence-electron chi connectivity index (χ1n) is 13.2. The Kier molecular flexibility index (Phi) is 6.93.